The van der Waals surface area contributed by atoms with Crippen molar-refractivity contribution in [1.82, 2.24) is 14.9 Å². The molecule has 2 heterocycles. The van der Waals surface area contributed by atoms with E-state index in [4.69, 9.17) is 5.73 Å². The van der Waals surface area contributed by atoms with E-state index in [2.05, 4.69) is 9.97 Å². The maximum absolute atomic E-state index is 11.9. The molecule has 0 saturated carbocycles. The lowest BCUT2D eigenvalue weighted by atomic mass is 9.97. The Bertz CT molecular complexity index is 414. The average Bonchev–Trinajstić information content (AvgIpc) is 2.75. The van der Waals surface area contributed by atoms with Crippen LogP contribution in [0.25, 0.3) is 0 Å². The molecule has 0 aliphatic carbocycles. The molecule has 0 aromatic carbocycles. The van der Waals surface area contributed by atoms with Gasteiger partial charge in [0.1, 0.15) is 5.69 Å². The first kappa shape index (κ1) is 10.9. The van der Waals surface area contributed by atoms with E-state index in [1.165, 1.54) is 6.20 Å². The van der Waals surface area contributed by atoms with Crippen LogP contribution >= 0.6 is 0 Å². The molecule has 0 spiro atoms. The lowest BCUT2D eigenvalue weighted by molar-refractivity contribution is 0.0688. The van der Waals surface area contributed by atoms with Crippen LogP contribution in [-0.2, 0) is 0 Å². The number of nitrogens with one attached hydrogen (secondary N) is 2. The number of carbonyl (C=O) groups is 1. The van der Waals surface area contributed by atoms with Crippen molar-refractivity contribution in [1.29, 1.82) is 0 Å². The van der Waals surface area contributed by atoms with Gasteiger partial charge in [0.2, 0.25) is 0 Å². The molecule has 16 heavy (non-hydrogen) atoms. The van der Waals surface area contributed by atoms with Gasteiger partial charge in [0.25, 0.3) is 5.91 Å². The maximum atomic E-state index is 11.9. The second kappa shape index (κ2) is 4.52. The summed E-state index contributed by atoms with van der Waals surface area (Å²) in [4.78, 5) is 29.4. The highest BCUT2D eigenvalue weighted by atomic mass is 16.2. The van der Waals surface area contributed by atoms with E-state index in [-0.39, 0.29) is 11.6 Å². The summed E-state index contributed by atoms with van der Waals surface area (Å²) in [6.45, 7) is 2.12. The number of hydrogen-bond donors (Lipinski definition) is 3. The fourth-order valence-electron chi connectivity index (χ4n) is 1.99. The van der Waals surface area contributed by atoms with Crippen LogP contribution in [0.1, 0.15) is 23.3 Å². The molecule has 0 unspecified atom stereocenters. The summed E-state index contributed by atoms with van der Waals surface area (Å²) in [6.07, 6.45) is 3.30. The highest BCUT2D eigenvalue weighted by Crippen LogP contribution is 2.16. The SMILES string of the molecule is NCC1CCN(C(=O)c2c[nH]c(=O)[nH]2)CC1. The normalized spacial score (nSPS) is 17.7. The highest BCUT2D eigenvalue weighted by Gasteiger charge is 2.23. The highest BCUT2D eigenvalue weighted by molar-refractivity contribution is 5.92. The third kappa shape index (κ3) is 2.16. The van der Waals surface area contributed by atoms with Gasteiger partial charge in [-0.15, -0.1) is 0 Å². The number of hydrogen-bond acceptors (Lipinski definition) is 3. The number of aromatic nitrogens is 2. The van der Waals surface area contributed by atoms with Gasteiger partial charge >= 0.3 is 5.69 Å². The number of nitrogens with zero attached hydrogens (tertiary/aromatic N) is 1. The molecule has 0 atom stereocenters. The number of carbonyl (C=O) groups excluding carboxylic acids is 1. The largest absolute Gasteiger partial charge is 0.337 e. The molecule has 1 fully saturated rings. The van der Waals surface area contributed by atoms with Crippen LogP contribution in [0.5, 0.6) is 0 Å². The summed E-state index contributed by atoms with van der Waals surface area (Å²) in [5, 5.41) is 0. The van der Waals surface area contributed by atoms with Gasteiger partial charge in [0, 0.05) is 19.3 Å². The van der Waals surface area contributed by atoms with E-state index in [1.54, 1.807) is 4.90 Å². The summed E-state index contributed by atoms with van der Waals surface area (Å²) in [5.74, 6) is 0.406. The molecule has 1 aliphatic rings. The predicted molar refractivity (Wildman–Crippen MR) is 59.1 cm³/mol. The van der Waals surface area contributed by atoms with Crippen molar-refractivity contribution in [3.05, 3.63) is 22.4 Å². The van der Waals surface area contributed by atoms with E-state index in [1.807, 2.05) is 0 Å². The zero-order chi connectivity index (χ0) is 11.5. The molecule has 0 radical (unpaired) electrons. The summed E-state index contributed by atoms with van der Waals surface area (Å²) in [5.41, 5.74) is 5.57. The summed E-state index contributed by atoms with van der Waals surface area (Å²) in [6, 6.07) is 0. The second-order valence-corrected chi connectivity index (χ2v) is 4.13. The lowest BCUT2D eigenvalue weighted by Crippen LogP contribution is -2.40. The van der Waals surface area contributed by atoms with Crippen molar-refractivity contribution in [2.75, 3.05) is 19.6 Å². The number of piperidine rings is 1. The number of aromatic amines is 2. The van der Waals surface area contributed by atoms with Crippen molar-refractivity contribution in [2.45, 2.75) is 12.8 Å². The quantitative estimate of drug-likeness (QED) is 0.632. The van der Waals surface area contributed by atoms with Crippen LogP contribution < -0.4 is 11.4 Å². The molecular formula is C10H16N4O2. The van der Waals surface area contributed by atoms with Gasteiger partial charge in [-0.05, 0) is 25.3 Å². The molecule has 1 aromatic rings. The van der Waals surface area contributed by atoms with Gasteiger partial charge in [0.15, 0.2) is 0 Å². The van der Waals surface area contributed by atoms with Crippen LogP contribution in [0.4, 0.5) is 0 Å². The van der Waals surface area contributed by atoms with Gasteiger partial charge < -0.3 is 20.6 Å². The Hall–Kier alpha value is -1.56. The molecule has 4 N–H and O–H groups in total. The molecule has 6 nitrogen and oxygen atoms in total. The molecule has 2 rings (SSSR count). The van der Waals surface area contributed by atoms with Gasteiger partial charge in [-0.3, -0.25) is 4.79 Å². The first-order valence-corrected chi connectivity index (χ1v) is 5.47. The summed E-state index contributed by atoms with van der Waals surface area (Å²) >= 11 is 0. The van der Waals surface area contributed by atoms with Crippen molar-refractivity contribution < 1.29 is 4.79 Å². The number of likely N-dealkylation sites (tertiary alicyclic amines) is 1. The van der Waals surface area contributed by atoms with Gasteiger partial charge in [-0.25, -0.2) is 4.79 Å². The molecule has 1 aliphatic heterocycles. The smallest absolute Gasteiger partial charge is 0.323 e. The van der Waals surface area contributed by atoms with Crippen LogP contribution in [0.2, 0.25) is 0 Å². The molecule has 1 amide bonds. The van der Waals surface area contributed by atoms with Crippen LogP contribution in [0, 0.1) is 5.92 Å². The zero-order valence-electron chi connectivity index (χ0n) is 9.03. The number of amides is 1. The summed E-state index contributed by atoms with van der Waals surface area (Å²) in [7, 11) is 0. The Balaban J connectivity index is 1.99. The van der Waals surface area contributed by atoms with E-state index in [9.17, 15) is 9.59 Å². The lowest BCUT2D eigenvalue weighted by Gasteiger charge is -2.30. The number of rotatable bonds is 2. The Morgan fingerprint density at radius 1 is 1.50 bits per heavy atom. The first-order valence-electron chi connectivity index (χ1n) is 5.47. The Labute approximate surface area is 92.8 Å². The molecule has 0 bridgehead atoms. The molecule has 6 heteroatoms. The van der Waals surface area contributed by atoms with Gasteiger partial charge in [0.05, 0.1) is 0 Å². The van der Waals surface area contributed by atoms with Gasteiger partial charge in [-0.2, -0.15) is 0 Å². The summed E-state index contributed by atoms with van der Waals surface area (Å²) < 4.78 is 0. The Morgan fingerprint density at radius 3 is 2.69 bits per heavy atom. The number of H-pyrrole nitrogens is 2. The minimum atomic E-state index is -0.347. The topological polar surface area (TPSA) is 95.0 Å². The molecule has 1 aromatic heterocycles. The maximum Gasteiger partial charge on any atom is 0.323 e. The fourth-order valence-corrected chi connectivity index (χ4v) is 1.99. The average molecular weight is 224 g/mol. The fraction of sp³-hybridized carbons (Fsp3) is 0.600. The standard InChI is InChI=1S/C10H16N4O2/c11-5-7-1-3-14(4-2-7)9(15)8-6-12-10(16)13-8/h6-7H,1-5,11H2,(H2,12,13,16). The van der Waals surface area contributed by atoms with Crippen molar-refractivity contribution >= 4 is 5.91 Å². The van der Waals surface area contributed by atoms with Crippen molar-refractivity contribution in [3.63, 3.8) is 0 Å². The Morgan fingerprint density at radius 2 is 2.19 bits per heavy atom. The van der Waals surface area contributed by atoms with E-state index in [0.29, 0.717) is 31.2 Å². The first-order chi connectivity index (χ1) is 7.70. The minimum Gasteiger partial charge on any atom is -0.337 e. The van der Waals surface area contributed by atoms with Crippen LogP contribution in [-0.4, -0.2) is 40.4 Å². The zero-order valence-corrected chi connectivity index (χ0v) is 9.03. The van der Waals surface area contributed by atoms with E-state index in [0.717, 1.165) is 12.8 Å². The Kier molecular flexibility index (Phi) is 3.09. The second-order valence-electron chi connectivity index (χ2n) is 4.13. The van der Waals surface area contributed by atoms with Crippen LogP contribution in [0.15, 0.2) is 11.0 Å². The number of imidazole rings is 1. The van der Waals surface area contributed by atoms with Crippen molar-refractivity contribution in [3.8, 4) is 0 Å². The number of nitrogens with two attached hydrogens (primary N) is 1. The molecular weight excluding hydrogens is 208 g/mol. The van der Waals surface area contributed by atoms with Crippen molar-refractivity contribution in [2.24, 2.45) is 11.7 Å². The van der Waals surface area contributed by atoms with Crippen LogP contribution in [0.3, 0.4) is 0 Å². The van der Waals surface area contributed by atoms with E-state index >= 15 is 0 Å². The van der Waals surface area contributed by atoms with Gasteiger partial charge in [-0.1, -0.05) is 0 Å². The third-order valence-corrected chi connectivity index (χ3v) is 3.06. The third-order valence-electron chi connectivity index (χ3n) is 3.06. The molecule has 1 saturated heterocycles. The predicted octanol–water partition coefficient (Wildman–Crippen LogP) is -0.486. The van der Waals surface area contributed by atoms with E-state index < -0.39 is 0 Å². The minimum absolute atomic E-state index is 0.117. The molecule has 88 valence electrons. The monoisotopic (exact) mass is 224 g/mol.